The van der Waals surface area contributed by atoms with Gasteiger partial charge in [-0.3, -0.25) is 4.90 Å². The molecule has 1 atom stereocenters. The summed E-state index contributed by atoms with van der Waals surface area (Å²) in [5.41, 5.74) is 0.709. The first kappa shape index (κ1) is 11.1. The van der Waals surface area contributed by atoms with Gasteiger partial charge in [0.25, 0.3) is 0 Å². The lowest BCUT2D eigenvalue weighted by atomic mass is 10.3. The minimum atomic E-state index is -0.492. The molecule has 1 aromatic rings. The second kappa shape index (κ2) is 5.06. The Bertz CT molecular complexity index is 407. The smallest absolute Gasteiger partial charge is 0.212 e. The van der Waals surface area contributed by atoms with E-state index >= 15 is 0 Å². The zero-order valence-corrected chi connectivity index (χ0v) is 8.86. The number of nitrogens with zero attached hydrogens (tertiary/aromatic N) is 2. The zero-order valence-electron chi connectivity index (χ0n) is 8.86. The van der Waals surface area contributed by atoms with Crippen molar-refractivity contribution in [1.82, 2.24) is 9.88 Å². The van der Waals surface area contributed by atoms with Gasteiger partial charge in [0.05, 0.1) is 12.6 Å². The first-order valence-corrected chi connectivity index (χ1v) is 5.25. The van der Waals surface area contributed by atoms with Crippen molar-refractivity contribution < 1.29 is 9.50 Å². The molecule has 4 heteroatoms. The van der Waals surface area contributed by atoms with Crippen molar-refractivity contribution in [1.29, 1.82) is 0 Å². The monoisotopic (exact) mass is 220 g/mol. The Hall–Kier alpha value is -1.44. The molecule has 0 spiro atoms. The summed E-state index contributed by atoms with van der Waals surface area (Å²) in [6.07, 6.45) is 2.02. The molecule has 1 aliphatic heterocycles. The van der Waals surface area contributed by atoms with Crippen LogP contribution in [-0.4, -0.2) is 40.7 Å². The van der Waals surface area contributed by atoms with E-state index in [4.69, 9.17) is 0 Å². The molecule has 1 aliphatic rings. The molecule has 1 saturated heterocycles. The lowest BCUT2D eigenvalue weighted by Gasteiger charge is -2.09. The maximum atomic E-state index is 12.5. The van der Waals surface area contributed by atoms with E-state index in [9.17, 15) is 9.50 Å². The summed E-state index contributed by atoms with van der Waals surface area (Å²) >= 11 is 0. The second-order valence-electron chi connectivity index (χ2n) is 3.85. The highest BCUT2D eigenvalue weighted by atomic mass is 19.1. The molecule has 0 aliphatic carbocycles. The summed E-state index contributed by atoms with van der Waals surface area (Å²) in [7, 11) is 0. The van der Waals surface area contributed by atoms with Crippen LogP contribution in [-0.2, 0) is 0 Å². The Balaban J connectivity index is 1.88. The normalized spacial score (nSPS) is 20.5. The number of rotatable bonds is 1. The molecule has 1 fully saturated rings. The van der Waals surface area contributed by atoms with Crippen LogP contribution in [0.3, 0.4) is 0 Å². The maximum absolute atomic E-state index is 12.5. The molecular formula is C12H13FN2O. The number of aliphatic hydroxyl groups excluding tert-OH is 1. The molecule has 16 heavy (non-hydrogen) atoms. The van der Waals surface area contributed by atoms with Gasteiger partial charge >= 0.3 is 0 Å². The predicted octanol–water partition coefficient (Wildman–Crippen LogP) is 0.639. The third-order valence-corrected chi connectivity index (χ3v) is 2.51. The Kier molecular flexibility index (Phi) is 3.50. The zero-order chi connectivity index (χ0) is 11.4. The number of β-amino-alcohol motifs (C(OH)–C–C–N with tert-alkyl or cyclic N) is 1. The van der Waals surface area contributed by atoms with Crippen LogP contribution in [0, 0.1) is 17.8 Å². The van der Waals surface area contributed by atoms with Gasteiger partial charge in [0.2, 0.25) is 5.95 Å². The maximum Gasteiger partial charge on any atom is 0.212 e. The quantitative estimate of drug-likeness (QED) is 0.557. The summed E-state index contributed by atoms with van der Waals surface area (Å²) < 4.78 is 12.5. The van der Waals surface area contributed by atoms with Crippen LogP contribution in [0.1, 0.15) is 12.0 Å². The van der Waals surface area contributed by atoms with Crippen LogP contribution in [0.5, 0.6) is 0 Å². The van der Waals surface area contributed by atoms with Crippen LogP contribution in [0.2, 0.25) is 0 Å². The Morgan fingerprint density at radius 2 is 2.44 bits per heavy atom. The standard InChI is InChI=1S/C12H13FN2O/c13-12-4-3-10(8-14-12)2-1-6-15-7-5-11(16)9-15/h3-4,8,11,16H,5-7,9H2. The molecule has 1 unspecified atom stereocenters. The third-order valence-electron chi connectivity index (χ3n) is 2.51. The van der Waals surface area contributed by atoms with Gasteiger partial charge in [-0.15, -0.1) is 0 Å². The van der Waals surface area contributed by atoms with Crippen molar-refractivity contribution in [2.75, 3.05) is 19.6 Å². The van der Waals surface area contributed by atoms with E-state index in [0.717, 1.165) is 13.0 Å². The van der Waals surface area contributed by atoms with Crippen molar-refractivity contribution >= 4 is 0 Å². The highest BCUT2D eigenvalue weighted by Gasteiger charge is 2.18. The van der Waals surface area contributed by atoms with Gasteiger partial charge in [-0.1, -0.05) is 11.8 Å². The van der Waals surface area contributed by atoms with Crippen molar-refractivity contribution in [3.05, 3.63) is 29.8 Å². The molecule has 0 radical (unpaired) electrons. The van der Waals surface area contributed by atoms with Gasteiger partial charge < -0.3 is 5.11 Å². The van der Waals surface area contributed by atoms with E-state index in [1.807, 2.05) is 0 Å². The topological polar surface area (TPSA) is 36.4 Å². The second-order valence-corrected chi connectivity index (χ2v) is 3.85. The fourth-order valence-corrected chi connectivity index (χ4v) is 1.66. The Labute approximate surface area is 93.9 Å². The number of aromatic nitrogens is 1. The van der Waals surface area contributed by atoms with E-state index in [1.54, 1.807) is 6.07 Å². The van der Waals surface area contributed by atoms with Crippen LogP contribution in [0.4, 0.5) is 4.39 Å². The molecule has 0 saturated carbocycles. The molecule has 0 amide bonds. The Morgan fingerprint density at radius 3 is 3.06 bits per heavy atom. The number of hydrogen-bond donors (Lipinski definition) is 1. The lowest BCUT2D eigenvalue weighted by molar-refractivity contribution is 0.180. The number of pyridine rings is 1. The van der Waals surface area contributed by atoms with E-state index in [1.165, 1.54) is 12.3 Å². The van der Waals surface area contributed by atoms with Gasteiger partial charge in [-0.05, 0) is 18.6 Å². The summed E-state index contributed by atoms with van der Waals surface area (Å²) in [6, 6.07) is 2.90. The largest absolute Gasteiger partial charge is 0.392 e. The molecule has 0 aromatic carbocycles. The first-order chi connectivity index (χ1) is 7.74. The summed E-state index contributed by atoms with van der Waals surface area (Å²) in [5, 5.41) is 9.30. The van der Waals surface area contributed by atoms with E-state index < -0.39 is 5.95 Å². The molecule has 3 nitrogen and oxygen atoms in total. The van der Waals surface area contributed by atoms with Gasteiger partial charge in [0.1, 0.15) is 0 Å². The van der Waals surface area contributed by atoms with Crippen LogP contribution in [0.25, 0.3) is 0 Å². The average molecular weight is 220 g/mol. The van der Waals surface area contributed by atoms with Crippen LogP contribution >= 0.6 is 0 Å². The fraction of sp³-hybridized carbons (Fsp3) is 0.417. The first-order valence-electron chi connectivity index (χ1n) is 5.25. The van der Waals surface area contributed by atoms with Crippen LogP contribution < -0.4 is 0 Å². The summed E-state index contributed by atoms with van der Waals surface area (Å²) in [5.74, 6) is 5.40. The number of halogens is 1. The molecule has 2 rings (SSSR count). The van der Waals surface area contributed by atoms with E-state index in [0.29, 0.717) is 18.7 Å². The number of hydrogen-bond acceptors (Lipinski definition) is 3. The molecule has 84 valence electrons. The van der Waals surface area contributed by atoms with Gasteiger partial charge in [-0.2, -0.15) is 4.39 Å². The number of likely N-dealkylation sites (tertiary alicyclic amines) is 1. The van der Waals surface area contributed by atoms with Crippen molar-refractivity contribution in [2.45, 2.75) is 12.5 Å². The SMILES string of the molecule is OC1CCN(CC#Cc2ccc(F)nc2)C1. The minimum absolute atomic E-state index is 0.214. The number of aliphatic hydroxyl groups is 1. The van der Waals surface area contributed by atoms with Crippen molar-refractivity contribution in [2.24, 2.45) is 0 Å². The van der Waals surface area contributed by atoms with E-state index in [2.05, 4.69) is 21.7 Å². The van der Waals surface area contributed by atoms with E-state index in [-0.39, 0.29) is 6.10 Å². The third kappa shape index (κ3) is 3.02. The highest BCUT2D eigenvalue weighted by Crippen LogP contribution is 2.07. The summed E-state index contributed by atoms with van der Waals surface area (Å²) in [6.45, 7) is 2.21. The van der Waals surface area contributed by atoms with Crippen molar-refractivity contribution in [3.63, 3.8) is 0 Å². The van der Waals surface area contributed by atoms with Gasteiger partial charge in [0.15, 0.2) is 0 Å². The van der Waals surface area contributed by atoms with Crippen LogP contribution in [0.15, 0.2) is 18.3 Å². The van der Waals surface area contributed by atoms with Gasteiger partial charge in [0, 0.05) is 24.8 Å². The highest BCUT2D eigenvalue weighted by molar-refractivity contribution is 5.31. The molecule has 2 heterocycles. The predicted molar refractivity (Wildman–Crippen MR) is 58.1 cm³/mol. The molecule has 1 N–H and O–H groups in total. The summed E-state index contributed by atoms with van der Waals surface area (Å²) in [4.78, 5) is 5.61. The molecule has 1 aromatic heterocycles. The molecule has 0 bridgehead atoms. The molecular weight excluding hydrogens is 207 g/mol. The Morgan fingerprint density at radius 1 is 1.56 bits per heavy atom. The minimum Gasteiger partial charge on any atom is -0.392 e. The van der Waals surface area contributed by atoms with Gasteiger partial charge in [-0.25, -0.2) is 4.98 Å². The lowest BCUT2D eigenvalue weighted by Crippen LogP contribution is -2.22. The fourth-order valence-electron chi connectivity index (χ4n) is 1.66. The average Bonchev–Trinajstić information content (AvgIpc) is 2.67. The van der Waals surface area contributed by atoms with Crippen molar-refractivity contribution in [3.8, 4) is 11.8 Å².